The predicted octanol–water partition coefficient (Wildman–Crippen LogP) is 7.06. The number of nitrogens with zero attached hydrogens (tertiary/aromatic N) is 5. The molecule has 1 fully saturated rings. The van der Waals surface area contributed by atoms with Crippen molar-refractivity contribution in [1.29, 1.82) is 0 Å². The first-order valence-electron chi connectivity index (χ1n) is 15.4. The van der Waals surface area contributed by atoms with E-state index in [0.29, 0.717) is 5.69 Å². The monoisotopic (exact) mass is 568 g/mol. The summed E-state index contributed by atoms with van der Waals surface area (Å²) in [5.74, 6) is 1.57. The molecular formula is C34H44N6O2. The fourth-order valence-corrected chi connectivity index (χ4v) is 5.68. The van der Waals surface area contributed by atoms with Crippen molar-refractivity contribution < 1.29 is 9.53 Å². The third-order valence-corrected chi connectivity index (χ3v) is 8.12. The smallest absolute Gasteiger partial charge is 0.272 e. The number of carbonyl (C=O) groups is 1. The van der Waals surface area contributed by atoms with E-state index in [0.717, 1.165) is 99.8 Å². The molecule has 1 N–H and O–H groups in total. The minimum atomic E-state index is 0.00824. The summed E-state index contributed by atoms with van der Waals surface area (Å²) in [6.07, 6.45) is 6.06. The molecule has 42 heavy (non-hydrogen) atoms. The van der Waals surface area contributed by atoms with Crippen molar-refractivity contribution in [2.45, 2.75) is 65.0 Å². The number of amides is 1. The number of imidazole rings is 1. The second kappa shape index (κ2) is 14.3. The molecule has 0 unspecified atom stereocenters. The number of hydrogen-bond donors (Lipinski definition) is 1. The summed E-state index contributed by atoms with van der Waals surface area (Å²) in [7, 11) is 1.67. The predicted molar refractivity (Wildman–Crippen MR) is 170 cm³/mol. The number of anilines is 2. The van der Waals surface area contributed by atoms with Crippen molar-refractivity contribution >= 4 is 28.7 Å². The number of piperidine rings is 1. The molecule has 0 bridgehead atoms. The zero-order chi connectivity index (χ0) is 29.3. The minimum Gasteiger partial charge on any atom is -0.497 e. The van der Waals surface area contributed by atoms with Gasteiger partial charge in [0.05, 0.1) is 7.11 Å². The summed E-state index contributed by atoms with van der Waals surface area (Å²) in [4.78, 5) is 28.1. The molecule has 0 spiro atoms. The van der Waals surface area contributed by atoms with E-state index >= 15 is 0 Å². The first-order valence-corrected chi connectivity index (χ1v) is 15.4. The summed E-state index contributed by atoms with van der Waals surface area (Å²) in [5.41, 5.74) is 4.32. The van der Waals surface area contributed by atoms with Crippen LogP contribution in [0.4, 0.5) is 11.6 Å². The Labute approximate surface area is 249 Å². The van der Waals surface area contributed by atoms with Gasteiger partial charge in [-0.1, -0.05) is 57.0 Å². The van der Waals surface area contributed by atoms with Crippen LogP contribution in [0.1, 0.15) is 74.5 Å². The largest absolute Gasteiger partial charge is 0.497 e. The first kappa shape index (κ1) is 29.6. The number of rotatable bonds is 13. The van der Waals surface area contributed by atoms with E-state index in [-0.39, 0.29) is 11.9 Å². The maximum Gasteiger partial charge on any atom is 0.272 e. The highest BCUT2D eigenvalue weighted by molar-refractivity contribution is 5.94. The highest BCUT2D eigenvalue weighted by Crippen LogP contribution is 2.33. The molecule has 1 saturated heterocycles. The van der Waals surface area contributed by atoms with Crippen molar-refractivity contribution in [3.05, 3.63) is 78.0 Å². The van der Waals surface area contributed by atoms with Crippen molar-refractivity contribution in [2.24, 2.45) is 0 Å². The molecule has 0 aliphatic carbocycles. The Balaban J connectivity index is 1.44. The summed E-state index contributed by atoms with van der Waals surface area (Å²) in [5, 5.41) is 3.54. The van der Waals surface area contributed by atoms with Crippen LogP contribution >= 0.6 is 0 Å². The van der Waals surface area contributed by atoms with Crippen LogP contribution in [0.25, 0.3) is 11.2 Å². The number of unbranched alkanes of at least 4 members (excludes halogenated alkanes) is 2. The average molecular weight is 569 g/mol. The third kappa shape index (κ3) is 7.10. The van der Waals surface area contributed by atoms with Crippen LogP contribution in [0.3, 0.4) is 0 Å². The van der Waals surface area contributed by atoms with Crippen LogP contribution in [-0.4, -0.2) is 63.5 Å². The van der Waals surface area contributed by atoms with Gasteiger partial charge in [0.25, 0.3) is 5.91 Å². The summed E-state index contributed by atoms with van der Waals surface area (Å²) in [6.45, 7) is 8.78. The number of carbonyl (C=O) groups excluding carboxylic acids is 1. The number of hydrogen-bond acceptors (Lipinski definition) is 6. The third-order valence-electron chi connectivity index (χ3n) is 8.12. The number of ether oxygens (including phenoxy) is 1. The normalized spacial score (nSPS) is 14.3. The van der Waals surface area contributed by atoms with E-state index in [1.54, 1.807) is 7.11 Å². The molecule has 8 nitrogen and oxygen atoms in total. The Bertz CT molecular complexity index is 1420. The quantitative estimate of drug-likeness (QED) is 0.186. The maximum atomic E-state index is 13.7. The number of aromatic nitrogens is 3. The molecule has 1 aliphatic rings. The Morgan fingerprint density at radius 3 is 2.26 bits per heavy atom. The Kier molecular flexibility index (Phi) is 10.1. The fourth-order valence-electron chi connectivity index (χ4n) is 5.68. The molecule has 1 aliphatic heterocycles. The topological polar surface area (TPSA) is 75.5 Å². The highest BCUT2D eigenvalue weighted by atomic mass is 16.5. The number of pyridine rings is 1. The number of methoxy groups -OCH3 is 1. The van der Waals surface area contributed by atoms with Crippen molar-refractivity contribution in [2.75, 3.05) is 38.6 Å². The lowest BCUT2D eigenvalue weighted by molar-refractivity contribution is 0.0745. The van der Waals surface area contributed by atoms with Gasteiger partial charge < -0.3 is 15.0 Å². The molecule has 5 rings (SSSR count). The Morgan fingerprint density at radius 1 is 0.929 bits per heavy atom. The van der Waals surface area contributed by atoms with Gasteiger partial charge in [-0.15, -0.1) is 0 Å². The molecule has 0 atom stereocenters. The molecule has 8 heteroatoms. The van der Waals surface area contributed by atoms with Crippen LogP contribution in [0.15, 0.2) is 66.7 Å². The maximum absolute atomic E-state index is 13.7. The number of fused-ring (bicyclic) bond motifs is 1. The van der Waals surface area contributed by atoms with Crippen LogP contribution in [0.2, 0.25) is 0 Å². The van der Waals surface area contributed by atoms with Gasteiger partial charge in [-0.05, 0) is 67.6 Å². The molecule has 2 aromatic carbocycles. The van der Waals surface area contributed by atoms with Gasteiger partial charge in [-0.3, -0.25) is 14.3 Å². The molecule has 1 amide bonds. The summed E-state index contributed by atoms with van der Waals surface area (Å²) >= 11 is 0. The number of benzene rings is 2. The SMILES string of the molecule is CCCCN(CCCC)C(=O)c1ccc2nc(Nc3ccc(OC)cc3)n(C3CCN(Cc4ccccc4)CC3)c2n1. The van der Waals surface area contributed by atoms with Crippen molar-refractivity contribution in [1.82, 2.24) is 24.3 Å². The number of nitrogens with one attached hydrogen (secondary N) is 1. The van der Waals surface area contributed by atoms with Crippen molar-refractivity contribution in [3.63, 3.8) is 0 Å². The van der Waals surface area contributed by atoms with Gasteiger partial charge in [-0.25, -0.2) is 9.97 Å². The lowest BCUT2D eigenvalue weighted by Gasteiger charge is -2.33. The van der Waals surface area contributed by atoms with Crippen LogP contribution in [0, 0.1) is 0 Å². The van der Waals surface area contributed by atoms with Gasteiger partial charge in [-0.2, -0.15) is 0 Å². The molecular weight excluding hydrogens is 524 g/mol. The van der Waals surface area contributed by atoms with Gasteiger partial charge in [0.1, 0.15) is 17.0 Å². The average Bonchev–Trinajstić information content (AvgIpc) is 3.39. The lowest BCUT2D eigenvalue weighted by atomic mass is 10.0. The standard InChI is InChI=1S/C34H44N6O2/c1-4-6-21-39(22-7-5-2)33(41)31-18-17-30-32(36-31)40(34(37-30)35-27-13-15-29(42-3)16-14-27)28-19-23-38(24-20-28)25-26-11-9-8-10-12-26/h8-18,28H,4-7,19-25H2,1-3H3,(H,35,37). The van der Waals surface area contributed by atoms with E-state index in [1.165, 1.54) is 5.56 Å². The highest BCUT2D eigenvalue weighted by Gasteiger charge is 2.27. The molecule has 4 aromatic rings. The first-order chi connectivity index (χ1) is 20.6. The van der Waals surface area contributed by atoms with Crippen molar-refractivity contribution in [3.8, 4) is 5.75 Å². The van der Waals surface area contributed by atoms with E-state index < -0.39 is 0 Å². The lowest BCUT2D eigenvalue weighted by Crippen LogP contribution is -2.35. The van der Waals surface area contributed by atoms with E-state index in [9.17, 15) is 4.79 Å². The second-order valence-corrected chi connectivity index (χ2v) is 11.2. The molecule has 222 valence electrons. The zero-order valence-corrected chi connectivity index (χ0v) is 25.3. The van der Waals surface area contributed by atoms with Gasteiger partial charge in [0.2, 0.25) is 5.95 Å². The minimum absolute atomic E-state index is 0.00824. The Morgan fingerprint density at radius 2 is 1.62 bits per heavy atom. The zero-order valence-electron chi connectivity index (χ0n) is 25.3. The molecule has 0 radical (unpaired) electrons. The number of likely N-dealkylation sites (tertiary alicyclic amines) is 1. The van der Waals surface area contributed by atoms with Crippen LogP contribution < -0.4 is 10.1 Å². The Hall–Kier alpha value is -3.91. The van der Waals surface area contributed by atoms with E-state index in [1.807, 2.05) is 41.3 Å². The summed E-state index contributed by atoms with van der Waals surface area (Å²) in [6, 6.07) is 22.5. The van der Waals surface area contributed by atoms with Gasteiger partial charge in [0, 0.05) is 44.5 Å². The fraction of sp³-hybridized carbons (Fsp3) is 0.441. The van der Waals surface area contributed by atoms with Gasteiger partial charge >= 0.3 is 0 Å². The van der Waals surface area contributed by atoms with Crippen LogP contribution in [0.5, 0.6) is 5.75 Å². The van der Waals surface area contributed by atoms with E-state index in [2.05, 4.69) is 59.0 Å². The molecule has 3 heterocycles. The second-order valence-electron chi connectivity index (χ2n) is 11.2. The molecule has 2 aromatic heterocycles. The summed E-state index contributed by atoms with van der Waals surface area (Å²) < 4.78 is 7.58. The van der Waals surface area contributed by atoms with Crippen LogP contribution in [-0.2, 0) is 6.54 Å². The van der Waals surface area contributed by atoms with Gasteiger partial charge in [0.15, 0.2) is 5.65 Å². The van der Waals surface area contributed by atoms with E-state index in [4.69, 9.17) is 14.7 Å². The molecule has 0 saturated carbocycles.